The van der Waals surface area contributed by atoms with Gasteiger partial charge in [-0.1, -0.05) is 13.8 Å². The molecule has 4 rings (SSSR count). The summed E-state index contributed by atoms with van der Waals surface area (Å²) in [6.45, 7) is 5.84. The van der Waals surface area contributed by atoms with Crippen LogP contribution in [0.1, 0.15) is 52.4 Å². The number of nitrogens with one attached hydrogen (secondary N) is 1. The van der Waals surface area contributed by atoms with Gasteiger partial charge in [0, 0.05) is 18.4 Å². The quantitative estimate of drug-likeness (QED) is 0.719. The first-order valence-corrected chi connectivity index (χ1v) is 10.2. The Morgan fingerprint density at radius 2 is 1.67 bits per heavy atom. The molecule has 3 heteroatoms. The van der Waals surface area contributed by atoms with Gasteiger partial charge in [0.15, 0.2) is 0 Å². The minimum absolute atomic E-state index is 0.330. The van der Waals surface area contributed by atoms with Crippen molar-refractivity contribution < 1.29 is 5.11 Å². The molecule has 0 saturated heterocycles. The zero-order valence-corrected chi connectivity index (χ0v) is 14.6. The van der Waals surface area contributed by atoms with E-state index < -0.39 is 0 Å². The Labute approximate surface area is 134 Å². The van der Waals surface area contributed by atoms with E-state index >= 15 is 0 Å². The van der Waals surface area contributed by atoms with E-state index in [1.165, 1.54) is 44.3 Å². The molecule has 0 radical (unpaired) electrons. The molecule has 0 aromatic rings. The molecule has 4 aliphatic carbocycles. The van der Waals surface area contributed by atoms with Gasteiger partial charge in [-0.05, 0) is 79.9 Å². The Kier molecular flexibility index (Phi) is 5.23. The fourth-order valence-corrected chi connectivity index (χ4v) is 7.09. The van der Waals surface area contributed by atoms with Gasteiger partial charge in [-0.15, -0.1) is 0 Å². The fraction of sp³-hybridized carbons (Fsp3) is 1.00. The molecule has 2 unspecified atom stereocenters. The number of thioether (sulfide) groups is 1. The van der Waals surface area contributed by atoms with Crippen LogP contribution in [0.15, 0.2) is 0 Å². The molecule has 0 heterocycles. The molecular formula is C18H33NOS. The van der Waals surface area contributed by atoms with Crippen molar-refractivity contribution >= 4 is 11.8 Å². The monoisotopic (exact) mass is 311 g/mol. The minimum atomic E-state index is 0.330. The van der Waals surface area contributed by atoms with Gasteiger partial charge in [0.1, 0.15) is 0 Å². The summed E-state index contributed by atoms with van der Waals surface area (Å²) >= 11 is 2.06. The maximum atomic E-state index is 9.20. The predicted molar refractivity (Wildman–Crippen MR) is 91.6 cm³/mol. The summed E-state index contributed by atoms with van der Waals surface area (Å²) in [4.78, 5) is 0. The van der Waals surface area contributed by atoms with E-state index in [4.69, 9.17) is 0 Å². The lowest BCUT2D eigenvalue weighted by molar-refractivity contribution is -0.0691. The largest absolute Gasteiger partial charge is 0.396 e. The topological polar surface area (TPSA) is 32.3 Å². The molecule has 2 atom stereocenters. The number of aliphatic hydroxyl groups excluding tert-OH is 1. The third-order valence-electron chi connectivity index (χ3n) is 6.27. The number of aliphatic hydroxyl groups is 1. The van der Waals surface area contributed by atoms with Gasteiger partial charge >= 0.3 is 0 Å². The van der Waals surface area contributed by atoms with E-state index in [2.05, 4.69) is 30.9 Å². The van der Waals surface area contributed by atoms with Crippen LogP contribution < -0.4 is 5.32 Å². The van der Waals surface area contributed by atoms with E-state index in [-0.39, 0.29) is 0 Å². The van der Waals surface area contributed by atoms with E-state index in [1.807, 2.05) is 0 Å². The average Bonchev–Trinajstić information content (AvgIpc) is 2.44. The number of hydrogen-bond acceptors (Lipinski definition) is 3. The van der Waals surface area contributed by atoms with Gasteiger partial charge in [0.2, 0.25) is 0 Å². The van der Waals surface area contributed by atoms with Crippen molar-refractivity contribution in [2.45, 2.75) is 58.4 Å². The van der Waals surface area contributed by atoms with Gasteiger partial charge in [-0.2, -0.15) is 11.8 Å². The second-order valence-electron chi connectivity index (χ2n) is 8.22. The first-order valence-electron chi connectivity index (χ1n) is 9.07. The third kappa shape index (κ3) is 3.45. The van der Waals surface area contributed by atoms with Crippen LogP contribution in [0.4, 0.5) is 0 Å². The van der Waals surface area contributed by atoms with E-state index in [0.29, 0.717) is 24.0 Å². The van der Waals surface area contributed by atoms with Crippen molar-refractivity contribution in [1.29, 1.82) is 0 Å². The Morgan fingerprint density at radius 1 is 1.10 bits per heavy atom. The summed E-state index contributed by atoms with van der Waals surface area (Å²) in [5, 5.41) is 13.1. The molecule has 0 aliphatic heterocycles. The molecule has 2 nitrogen and oxygen atoms in total. The summed E-state index contributed by atoms with van der Waals surface area (Å²) in [6.07, 6.45) is 9.08. The fourth-order valence-electron chi connectivity index (χ4n) is 5.74. The first-order chi connectivity index (χ1) is 10.1. The minimum Gasteiger partial charge on any atom is -0.396 e. The van der Waals surface area contributed by atoms with Crippen molar-refractivity contribution in [1.82, 2.24) is 5.32 Å². The van der Waals surface area contributed by atoms with Crippen LogP contribution in [0.3, 0.4) is 0 Å². The molecule has 4 fully saturated rings. The number of hydrogen-bond donors (Lipinski definition) is 2. The van der Waals surface area contributed by atoms with Crippen LogP contribution >= 0.6 is 11.8 Å². The summed E-state index contributed by atoms with van der Waals surface area (Å²) in [5.74, 6) is 5.90. The van der Waals surface area contributed by atoms with E-state index in [1.54, 1.807) is 0 Å². The number of rotatable bonds is 8. The predicted octanol–water partition coefficient (Wildman–Crippen LogP) is 3.54. The van der Waals surface area contributed by atoms with Crippen LogP contribution in [0.2, 0.25) is 0 Å². The molecule has 21 heavy (non-hydrogen) atoms. The van der Waals surface area contributed by atoms with Crippen LogP contribution in [-0.2, 0) is 0 Å². The highest BCUT2D eigenvalue weighted by Crippen LogP contribution is 2.61. The van der Waals surface area contributed by atoms with Crippen molar-refractivity contribution in [3.63, 3.8) is 0 Å². The maximum absolute atomic E-state index is 9.20. The highest BCUT2D eigenvalue weighted by molar-refractivity contribution is 7.99. The molecule has 2 N–H and O–H groups in total. The van der Waals surface area contributed by atoms with Crippen molar-refractivity contribution in [3.8, 4) is 0 Å². The van der Waals surface area contributed by atoms with Crippen LogP contribution in [0, 0.1) is 29.1 Å². The third-order valence-corrected chi connectivity index (χ3v) is 7.65. The van der Waals surface area contributed by atoms with E-state index in [9.17, 15) is 5.11 Å². The zero-order valence-electron chi connectivity index (χ0n) is 13.8. The Balaban J connectivity index is 1.63. The maximum Gasteiger partial charge on any atom is 0.0464 e. The SMILES string of the molecule is CCNC(CSCC(C)CO)C12CC3CC(CC(C3)C1)C2. The summed E-state index contributed by atoms with van der Waals surface area (Å²) in [7, 11) is 0. The first kappa shape index (κ1) is 16.1. The lowest BCUT2D eigenvalue weighted by Crippen LogP contribution is -2.56. The van der Waals surface area contributed by atoms with Crippen LogP contribution in [-0.4, -0.2) is 35.8 Å². The average molecular weight is 312 g/mol. The molecule has 4 aliphatic rings. The highest BCUT2D eigenvalue weighted by atomic mass is 32.2. The summed E-state index contributed by atoms with van der Waals surface area (Å²) in [5.41, 5.74) is 0.611. The molecule has 4 bridgehead atoms. The zero-order chi connectivity index (χ0) is 14.9. The lowest BCUT2D eigenvalue weighted by atomic mass is 9.48. The molecule has 122 valence electrons. The van der Waals surface area contributed by atoms with Crippen LogP contribution in [0.5, 0.6) is 0 Å². The smallest absolute Gasteiger partial charge is 0.0464 e. The van der Waals surface area contributed by atoms with E-state index in [0.717, 1.165) is 30.1 Å². The molecular weight excluding hydrogens is 278 g/mol. The molecule has 4 saturated carbocycles. The second-order valence-corrected chi connectivity index (χ2v) is 9.29. The highest BCUT2D eigenvalue weighted by Gasteiger charge is 2.53. The normalized spacial score (nSPS) is 40.4. The van der Waals surface area contributed by atoms with Crippen molar-refractivity contribution in [3.05, 3.63) is 0 Å². The molecule has 0 aromatic heterocycles. The summed E-state index contributed by atoms with van der Waals surface area (Å²) < 4.78 is 0. The standard InChI is InChI=1S/C18H33NOS/c1-3-19-17(12-21-11-13(2)10-20)18-7-14-4-15(8-18)6-16(5-14)9-18/h13-17,19-20H,3-12H2,1-2H3. The Morgan fingerprint density at radius 3 is 2.14 bits per heavy atom. The van der Waals surface area contributed by atoms with Gasteiger partial charge in [0.05, 0.1) is 0 Å². The molecule has 0 amide bonds. The van der Waals surface area contributed by atoms with Gasteiger partial charge in [-0.25, -0.2) is 0 Å². The van der Waals surface area contributed by atoms with Crippen LogP contribution in [0.25, 0.3) is 0 Å². The molecule has 0 aromatic carbocycles. The van der Waals surface area contributed by atoms with Gasteiger partial charge in [-0.3, -0.25) is 0 Å². The Bertz CT molecular complexity index is 311. The summed E-state index contributed by atoms with van der Waals surface area (Å²) in [6, 6.07) is 0.701. The van der Waals surface area contributed by atoms with Crippen molar-refractivity contribution in [2.24, 2.45) is 29.1 Å². The van der Waals surface area contributed by atoms with Gasteiger partial charge < -0.3 is 10.4 Å². The lowest BCUT2D eigenvalue weighted by Gasteiger charge is -2.59. The van der Waals surface area contributed by atoms with Gasteiger partial charge in [0.25, 0.3) is 0 Å². The van der Waals surface area contributed by atoms with Crippen molar-refractivity contribution in [2.75, 3.05) is 24.7 Å². The Hall–Kier alpha value is 0.270. The molecule has 0 spiro atoms. The second kappa shape index (κ2) is 6.80.